The normalized spacial score (nSPS) is 3.43. The van der Waals surface area contributed by atoms with E-state index in [-0.39, 0.29) is 59.4 Å². The standard InChI is InChI=1S/CH2O3.Al.Li.Ti.4H/c2-1(3)4;;;;;;;/h(H2,2,3,4);;;;;;;/q;;+1;;;;;-1. The number of carboxylic acid groups (broad SMARTS) is 2. The third-order valence-corrected chi connectivity index (χ3v) is 0. The third kappa shape index (κ3) is 150. The molecule has 0 spiro atoms. The topological polar surface area (TPSA) is 57.5 Å². The van der Waals surface area contributed by atoms with Gasteiger partial charge in [0.15, 0.2) is 17.4 Å². The van der Waals surface area contributed by atoms with Crippen LogP contribution in [-0.4, -0.2) is 33.7 Å². The fraction of sp³-hybridized carbons (Fsp3) is 0. The van der Waals surface area contributed by atoms with E-state index in [0.29, 0.717) is 0 Å². The fourth-order valence-electron chi connectivity index (χ4n) is 0. The van der Waals surface area contributed by atoms with Crippen LogP contribution in [-0.2, 0) is 21.7 Å². The van der Waals surface area contributed by atoms with Crippen molar-refractivity contribution < 1.29 is 57.0 Å². The Labute approximate surface area is 80.2 Å². The molecule has 7 heavy (non-hydrogen) atoms. The molecule has 0 aromatic carbocycles. The van der Waals surface area contributed by atoms with Crippen molar-refractivity contribution in [2.45, 2.75) is 0 Å². The zero-order valence-corrected chi connectivity index (χ0v) is 4.86. The predicted octanol–water partition coefficient (Wildman–Crippen LogP) is -3.85. The molecule has 0 amide bonds. The molecular formula is CH6AlLiO3Ti. The van der Waals surface area contributed by atoms with Crippen LogP contribution in [0.3, 0.4) is 0 Å². The molecule has 0 radical (unpaired) electrons. The van der Waals surface area contributed by atoms with Crippen molar-refractivity contribution in [3.05, 3.63) is 0 Å². The fourth-order valence-corrected chi connectivity index (χ4v) is 0. The minimum Gasteiger partial charge on any atom is -1.00 e. The first kappa shape index (κ1) is 24.3. The van der Waals surface area contributed by atoms with Crippen LogP contribution in [0.4, 0.5) is 4.79 Å². The first-order chi connectivity index (χ1) is 1.73. The van der Waals surface area contributed by atoms with E-state index in [0.717, 1.165) is 0 Å². The second-order valence-corrected chi connectivity index (χ2v) is 0.283. The quantitative estimate of drug-likeness (QED) is 0.346. The molecule has 0 rings (SSSR count). The maximum absolute atomic E-state index is 8.56. The molecule has 0 heterocycles. The van der Waals surface area contributed by atoms with E-state index in [4.69, 9.17) is 15.0 Å². The van der Waals surface area contributed by atoms with Crippen LogP contribution in [0.15, 0.2) is 0 Å². The number of rotatable bonds is 0. The molecule has 0 aliphatic carbocycles. The zero-order valence-electron chi connectivity index (χ0n) is 4.30. The van der Waals surface area contributed by atoms with Gasteiger partial charge >= 0.3 is 25.0 Å². The number of hydrogen-bond donors (Lipinski definition) is 2. The second kappa shape index (κ2) is 15.7. The SMILES string of the molecule is O=C(O)O.[AlH3].[H-].[Li+].[Ti]. The van der Waals surface area contributed by atoms with E-state index in [1.807, 2.05) is 0 Å². The first-order valence-corrected chi connectivity index (χ1v) is 0.651. The van der Waals surface area contributed by atoms with Crippen molar-refractivity contribution in [1.82, 2.24) is 0 Å². The summed E-state index contributed by atoms with van der Waals surface area (Å²) in [6, 6.07) is 0. The molecule has 0 saturated carbocycles. The van der Waals surface area contributed by atoms with Crippen LogP contribution in [0.5, 0.6) is 0 Å². The molecule has 0 bridgehead atoms. The summed E-state index contributed by atoms with van der Waals surface area (Å²) in [5.74, 6) is 0. The van der Waals surface area contributed by atoms with Crippen LogP contribution < -0.4 is 18.9 Å². The van der Waals surface area contributed by atoms with E-state index in [1.165, 1.54) is 0 Å². The van der Waals surface area contributed by atoms with E-state index in [2.05, 4.69) is 0 Å². The Morgan fingerprint density at radius 2 is 1.43 bits per heavy atom. The Kier molecular flexibility index (Phi) is 54.5. The van der Waals surface area contributed by atoms with E-state index < -0.39 is 6.16 Å². The molecule has 3 nitrogen and oxygen atoms in total. The van der Waals surface area contributed by atoms with Crippen molar-refractivity contribution in [1.29, 1.82) is 0 Å². The summed E-state index contributed by atoms with van der Waals surface area (Å²) in [5, 5.41) is 13.9. The molecule has 0 aliphatic rings. The van der Waals surface area contributed by atoms with E-state index >= 15 is 0 Å². The van der Waals surface area contributed by atoms with Gasteiger partial charge in [0, 0.05) is 21.7 Å². The number of hydrogen-bond acceptors (Lipinski definition) is 1. The minimum atomic E-state index is -1.83. The minimum absolute atomic E-state index is 0. The van der Waals surface area contributed by atoms with Crippen molar-refractivity contribution in [3.63, 3.8) is 0 Å². The summed E-state index contributed by atoms with van der Waals surface area (Å²) >= 11 is 0. The molecular weight excluding hydrogens is 142 g/mol. The average Bonchev–Trinajstić information content (AvgIpc) is 0.811. The van der Waals surface area contributed by atoms with Gasteiger partial charge in [-0.3, -0.25) is 0 Å². The van der Waals surface area contributed by atoms with Gasteiger partial charge < -0.3 is 11.6 Å². The van der Waals surface area contributed by atoms with Crippen LogP contribution in [0.2, 0.25) is 0 Å². The first-order valence-electron chi connectivity index (χ1n) is 0.651. The van der Waals surface area contributed by atoms with Crippen LogP contribution in [0.1, 0.15) is 1.43 Å². The molecule has 0 fully saturated rings. The van der Waals surface area contributed by atoms with Crippen LogP contribution >= 0.6 is 0 Å². The van der Waals surface area contributed by atoms with Gasteiger partial charge in [-0.2, -0.15) is 0 Å². The molecule has 0 aromatic heterocycles. The Bertz CT molecular complexity index is 42.3. The van der Waals surface area contributed by atoms with Gasteiger partial charge in [-0.25, -0.2) is 4.79 Å². The zero-order chi connectivity index (χ0) is 3.58. The van der Waals surface area contributed by atoms with E-state index in [9.17, 15) is 0 Å². The van der Waals surface area contributed by atoms with Gasteiger partial charge in [-0.05, 0) is 0 Å². The second-order valence-electron chi connectivity index (χ2n) is 0.283. The summed E-state index contributed by atoms with van der Waals surface area (Å²) in [5.41, 5.74) is 0. The summed E-state index contributed by atoms with van der Waals surface area (Å²) in [4.78, 5) is 8.56. The Morgan fingerprint density at radius 3 is 1.43 bits per heavy atom. The van der Waals surface area contributed by atoms with Crippen LogP contribution in [0, 0.1) is 0 Å². The monoisotopic (exact) mass is 148 g/mol. The molecule has 2 N–H and O–H groups in total. The molecule has 0 aromatic rings. The molecule has 0 saturated heterocycles. The van der Waals surface area contributed by atoms with Gasteiger partial charge in [0.05, 0.1) is 0 Å². The van der Waals surface area contributed by atoms with Gasteiger partial charge in [0.1, 0.15) is 0 Å². The molecule has 0 unspecified atom stereocenters. The Hall–Kier alpha value is 1.11. The van der Waals surface area contributed by atoms with Gasteiger partial charge in [0.2, 0.25) is 0 Å². The summed E-state index contributed by atoms with van der Waals surface area (Å²) in [6.07, 6.45) is -1.83. The summed E-state index contributed by atoms with van der Waals surface area (Å²) < 4.78 is 0. The maximum Gasteiger partial charge on any atom is 1.00 e. The maximum atomic E-state index is 8.56. The van der Waals surface area contributed by atoms with Gasteiger partial charge in [-0.15, -0.1) is 0 Å². The van der Waals surface area contributed by atoms with Crippen LogP contribution in [0.25, 0.3) is 0 Å². The Morgan fingerprint density at radius 1 is 1.43 bits per heavy atom. The van der Waals surface area contributed by atoms with Crippen molar-refractivity contribution in [3.8, 4) is 0 Å². The predicted molar refractivity (Wildman–Crippen MR) is 21.7 cm³/mol. The van der Waals surface area contributed by atoms with Crippen molar-refractivity contribution in [2.24, 2.45) is 0 Å². The Balaban J connectivity index is -0.00000000750. The largest absolute Gasteiger partial charge is 1.00 e. The third-order valence-electron chi connectivity index (χ3n) is 0. The molecule has 0 atom stereocenters. The van der Waals surface area contributed by atoms with Crippen molar-refractivity contribution in [2.75, 3.05) is 0 Å². The summed E-state index contributed by atoms with van der Waals surface area (Å²) in [6.45, 7) is 0. The van der Waals surface area contributed by atoms with Gasteiger partial charge in [-0.1, -0.05) is 0 Å². The molecule has 0 aliphatic heterocycles. The molecule has 6 heteroatoms. The molecule has 36 valence electrons. The number of carbonyl (C=O) groups is 1. The van der Waals surface area contributed by atoms with E-state index in [1.54, 1.807) is 0 Å². The van der Waals surface area contributed by atoms with Gasteiger partial charge in [0.25, 0.3) is 0 Å². The van der Waals surface area contributed by atoms with Crippen molar-refractivity contribution >= 4 is 23.5 Å². The average molecular weight is 148 g/mol. The summed E-state index contributed by atoms with van der Waals surface area (Å²) in [7, 11) is 0. The smallest absolute Gasteiger partial charge is 1.00 e.